The summed E-state index contributed by atoms with van der Waals surface area (Å²) in [5.41, 5.74) is 1.03. The molecule has 0 radical (unpaired) electrons. The molecule has 0 amide bonds. The minimum Gasteiger partial charge on any atom is -0.437 e. The van der Waals surface area contributed by atoms with E-state index in [1.165, 1.54) is 17.7 Å². The van der Waals surface area contributed by atoms with Gasteiger partial charge in [0.2, 0.25) is 0 Å². The van der Waals surface area contributed by atoms with Gasteiger partial charge < -0.3 is 9.47 Å². The van der Waals surface area contributed by atoms with E-state index in [0.717, 1.165) is 5.39 Å². The van der Waals surface area contributed by atoms with Crippen LogP contribution >= 0.6 is 11.6 Å². The van der Waals surface area contributed by atoms with E-state index in [-0.39, 0.29) is 11.3 Å². The van der Waals surface area contributed by atoms with Crippen molar-refractivity contribution >= 4 is 34.0 Å². The van der Waals surface area contributed by atoms with Crippen LogP contribution in [0.1, 0.15) is 0 Å². The molecule has 0 spiro atoms. The van der Waals surface area contributed by atoms with E-state index in [9.17, 15) is 9.59 Å². The summed E-state index contributed by atoms with van der Waals surface area (Å²) in [6.07, 6.45) is 0.671. The van der Waals surface area contributed by atoms with Gasteiger partial charge in [0.05, 0.1) is 18.9 Å². The van der Waals surface area contributed by atoms with Crippen molar-refractivity contribution in [3.8, 4) is 16.9 Å². The SMILES string of the molecule is COC(=O)Oc1cc(-c2ccccc2)c(=O)n2ncc3ccc(Cl)cc3c12. The Kier molecular flexibility index (Phi) is 4.25. The number of ether oxygens (including phenoxy) is 2. The standard InChI is InChI=1S/C20H13ClN2O4/c1-26-20(25)27-17-10-16(12-5-3-2-4-6-12)19(24)23-18(17)15-9-14(21)8-7-13(15)11-22-23/h2-11H,1H3. The van der Waals surface area contributed by atoms with Crippen LogP contribution in [0.4, 0.5) is 4.79 Å². The highest BCUT2D eigenvalue weighted by Gasteiger charge is 2.18. The lowest BCUT2D eigenvalue weighted by Crippen LogP contribution is -2.20. The summed E-state index contributed by atoms with van der Waals surface area (Å²) in [6.45, 7) is 0. The summed E-state index contributed by atoms with van der Waals surface area (Å²) in [5, 5.41) is 6.12. The minimum absolute atomic E-state index is 0.153. The summed E-state index contributed by atoms with van der Waals surface area (Å²) >= 11 is 6.13. The molecule has 0 aliphatic rings. The van der Waals surface area contributed by atoms with Gasteiger partial charge in [-0.05, 0) is 23.8 Å². The summed E-state index contributed by atoms with van der Waals surface area (Å²) in [4.78, 5) is 24.8. The fraction of sp³-hybridized carbons (Fsp3) is 0.0500. The number of carbonyl (C=O) groups excluding carboxylic acids is 1. The highest BCUT2D eigenvalue weighted by Crippen LogP contribution is 2.31. The Morgan fingerprint density at radius 2 is 1.89 bits per heavy atom. The zero-order chi connectivity index (χ0) is 19.0. The van der Waals surface area contributed by atoms with Crippen molar-refractivity contribution in [2.45, 2.75) is 0 Å². The van der Waals surface area contributed by atoms with Crippen LogP contribution in [0, 0.1) is 0 Å². The van der Waals surface area contributed by atoms with Crippen LogP contribution in [0.25, 0.3) is 27.4 Å². The molecular weight excluding hydrogens is 368 g/mol. The summed E-state index contributed by atoms with van der Waals surface area (Å²) in [5.74, 6) is 0.153. The minimum atomic E-state index is -0.895. The molecule has 2 aromatic heterocycles. The number of hydrogen-bond acceptors (Lipinski definition) is 5. The van der Waals surface area contributed by atoms with Crippen molar-refractivity contribution in [3.05, 3.63) is 76.2 Å². The second kappa shape index (κ2) is 6.74. The molecule has 27 heavy (non-hydrogen) atoms. The smallest absolute Gasteiger partial charge is 0.437 e. The third-order valence-corrected chi connectivity index (χ3v) is 4.41. The number of benzene rings is 2. The van der Waals surface area contributed by atoms with Crippen molar-refractivity contribution in [1.29, 1.82) is 0 Å². The zero-order valence-corrected chi connectivity index (χ0v) is 14.9. The molecule has 4 rings (SSSR count). The molecule has 0 saturated heterocycles. The number of hydrogen-bond donors (Lipinski definition) is 0. The number of aromatic nitrogens is 2. The van der Waals surface area contributed by atoms with Crippen LogP contribution in [0.2, 0.25) is 5.02 Å². The van der Waals surface area contributed by atoms with Gasteiger partial charge in [-0.15, -0.1) is 0 Å². The summed E-state index contributed by atoms with van der Waals surface area (Å²) in [6, 6.07) is 15.8. The third-order valence-electron chi connectivity index (χ3n) is 4.17. The number of rotatable bonds is 2. The number of carbonyl (C=O) groups is 1. The number of nitrogens with zero attached hydrogens (tertiary/aromatic N) is 2. The molecule has 0 saturated carbocycles. The molecule has 0 aliphatic heterocycles. The normalized spacial score (nSPS) is 10.9. The second-order valence-corrected chi connectivity index (χ2v) is 6.22. The summed E-state index contributed by atoms with van der Waals surface area (Å²) < 4.78 is 11.2. The molecule has 0 fully saturated rings. The average Bonchev–Trinajstić information content (AvgIpc) is 2.70. The highest BCUT2D eigenvalue weighted by molar-refractivity contribution is 6.31. The molecule has 0 unspecified atom stereocenters. The van der Waals surface area contributed by atoms with Crippen molar-refractivity contribution < 1.29 is 14.3 Å². The van der Waals surface area contributed by atoms with Crippen molar-refractivity contribution in [2.75, 3.05) is 7.11 Å². The maximum absolute atomic E-state index is 13.1. The second-order valence-electron chi connectivity index (χ2n) is 5.79. The molecule has 4 aromatic rings. The molecule has 0 bridgehead atoms. The Morgan fingerprint density at radius 1 is 1.11 bits per heavy atom. The number of pyridine rings is 1. The predicted octanol–water partition coefficient (Wildman–Crippen LogP) is 4.31. The van der Waals surface area contributed by atoms with E-state index in [1.54, 1.807) is 36.5 Å². The van der Waals surface area contributed by atoms with Gasteiger partial charge in [0.1, 0.15) is 5.52 Å². The van der Waals surface area contributed by atoms with Gasteiger partial charge >= 0.3 is 6.16 Å². The Hall–Kier alpha value is -3.38. The van der Waals surface area contributed by atoms with Crippen LogP contribution in [-0.4, -0.2) is 22.9 Å². The predicted molar refractivity (Wildman–Crippen MR) is 102 cm³/mol. The van der Waals surface area contributed by atoms with E-state index in [4.69, 9.17) is 16.3 Å². The lowest BCUT2D eigenvalue weighted by molar-refractivity contribution is 0.122. The van der Waals surface area contributed by atoms with E-state index in [1.807, 2.05) is 18.2 Å². The van der Waals surface area contributed by atoms with Crippen LogP contribution in [0.3, 0.4) is 0 Å². The van der Waals surface area contributed by atoms with Crippen molar-refractivity contribution in [3.63, 3.8) is 0 Å². The van der Waals surface area contributed by atoms with E-state index < -0.39 is 6.16 Å². The number of fused-ring (bicyclic) bond motifs is 3. The molecule has 2 heterocycles. The van der Waals surface area contributed by atoms with Crippen molar-refractivity contribution in [2.24, 2.45) is 0 Å². The molecule has 0 aliphatic carbocycles. The maximum atomic E-state index is 13.1. The highest BCUT2D eigenvalue weighted by atomic mass is 35.5. The first-order chi connectivity index (χ1) is 13.1. The van der Waals surface area contributed by atoms with Crippen LogP contribution < -0.4 is 10.3 Å². The van der Waals surface area contributed by atoms with Crippen LogP contribution in [0.15, 0.2) is 65.6 Å². The molecule has 134 valence electrons. The Morgan fingerprint density at radius 3 is 2.63 bits per heavy atom. The molecule has 6 nitrogen and oxygen atoms in total. The van der Waals surface area contributed by atoms with Crippen molar-refractivity contribution in [1.82, 2.24) is 9.61 Å². The lowest BCUT2D eigenvalue weighted by atomic mass is 10.1. The molecule has 7 heteroatoms. The summed E-state index contributed by atoms with van der Waals surface area (Å²) in [7, 11) is 1.21. The van der Waals surface area contributed by atoms with Crippen LogP contribution in [-0.2, 0) is 4.74 Å². The van der Waals surface area contributed by atoms with Gasteiger partial charge in [-0.2, -0.15) is 9.61 Å². The first kappa shape index (κ1) is 17.1. The fourth-order valence-corrected chi connectivity index (χ4v) is 3.11. The van der Waals surface area contributed by atoms with Crippen LogP contribution in [0.5, 0.6) is 5.75 Å². The lowest BCUT2D eigenvalue weighted by Gasteiger charge is -2.12. The molecule has 0 atom stereocenters. The topological polar surface area (TPSA) is 69.9 Å². The maximum Gasteiger partial charge on any atom is 0.513 e. The average molecular weight is 381 g/mol. The number of methoxy groups -OCH3 is 1. The first-order valence-corrected chi connectivity index (χ1v) is 8.42. The quantitative estimate of drug-likeness (QED) is 0.383. The van der Waals surface area contributed by atoms with E-state index >= 15 is 0 Å². The Bertz CT molecular complexity index is 1240. The Balaban J connectivity index is 2.13. The third kappa shape index (κ3) is 3.00. The molecular formula is C20H13ClN2O4. The zero-order valence-electron chi connectivity index (χ0n) is 14.2. The van der Waals surface area contributed by atoms with Gasteiger partial charge in [-0.1, -0.05) is 48.0 Å². The first-order valence-electron chi connectivity index (χ1n) is 8.04. The fourth-order valence-electron chi connectivity index (χ4n) is 2.94. The van der Waals surface area contributed by atoms with Gasteiger partial charge in [0.25, 0.3) is 5.56 Å². The van der Waals surface area contributed by atoms with Gasteiger partial charge in [0, 0.05) is 15.8 Å². The van der Waals surface area contributed by atoms with Gasteiger partial charge in [-0.25, -0.2) is 4.79 Å². The van der Waals surface area contributed by atoms with Gasteiger partial charge in [0.15, 0.2) is 5.75 Å². The monoisotopic (exact) mass is 380 g/mol. The van der Waals surface area contributed by atoms with E-state index in [0.29, 0.717) is 27.1 Å². The van der Waals surface area contributed by atoms with Gasteiger partial charge in [-0.3, -0.25) is 4.79 Å². The van der Waals surface area contributed by atoms with E-state index in [2.05, 4.69) is 9.84 Å². The number of halogens is 1. The molecule has 2 aromatic carbocycles. The Labute approximate surface area is 158 Å². The molecule has 0 N–H and O–H groups in total. The largest absolute Gasteiger partial charge is 0.513 e.